The fourth-order valence-corrected chi connectivity index (χ4v) is 5.19. The summed E-state index contributed by atoms with van der Waals surface area (Å²) in [6.07, 6.45) is 2.79. The van der Waals surface area contributed by atoms with E-state index >= 15 is 0 Å². The van der Waals surface area contributed by atoms with Crippen LogP contribution in [0.25, 0.3) is 11.4 Å². The molecule has 0 atom stereocenters. The number of aromatic nitrogens is 3. The first-order valence-corrected chi connectivity index (χ1v) is 13.1. The molecule has 0 saturated carbocycles. The number of piperazine rings is 1. The molecule has 0 bridgehead atoms. The van der Waals surface area contributed by atoms with Gasteiger partial charge in [-0.05, 0) is 36.4 Å². The van der Waals surface area contributed by atoms with Gasteiger partial charge in [0.25, 0.3) is 0 Å². The summed E-state index contributed by atoms with van der Waals surface area (Å²) in [5.74, 6) is 1.50. The molecular formula is C20H22ClN5O4S2. The van der Waals surface area contributed by atoms with Crippen LogP contribution in [0.5, 0.6) is 0 Å². The minimum atomic E-state index is -3.24. The highest BCUT2D eigenvalue weighted by atomic mass is 35.5. The fourth-order valence-electron chi connectivity index (χ4n) is 3.40. The Hall–Kier alpha value is -2.34. The third-order valence-corrected chi connectivity index (χ3v) is 7.61. The smallest absolute Gasteiger partial charge is 0.233 e. The minimum absolute atomic E-state index is 0.0660. The fraction of sp³-hybridized carbons (Fsp3) is 0.350. The second kappa shape index (κ2) is 9.65. The van der Waals surface area contributed by atoms with E-state index < -0.39 is 10.0 Å². The van der Waals surface area contributed by atoms with Crippen molar-refractivity contribution >= 4 is 39.3 Å². The maximum Gasteiger partial charge on any atom is 0.233 e. The first kappa shape index (κ1) is 22.8. The summed E-state index contributed by atoms with van der Waals surface area (Å²) in [5.41, 5.74) is 0.850. The van der Waals surface area contributed by atoms with E-state index in [1.165, 1.54) is 22.3 Å². The second-order valence-corrected chi connectivity index (χ2v) is 10.7. The SMILES string of the molecule is CS(=O)(=O)N1CCN(C(=O)CSc2nnc(-c3ccc(Cl)cc3)n2Cc2ccco2)CC1. The Morgan fingerprint density at radius 2 is 1.84 bits per heavy atom. The summed E-state index contributed by atoms with van der Waals surface area (Å²) in [5, 5.41) is 9.85. The number of carbonyl (C=O) groups excluding carboxylic acids is 1. The zero-order valence-corrected chi connectivity index (χ0v) is 19.7. The summed E-state index contributed by atoms with van der Waals surface area (Å²) in [6, 6.07) is 11.0. The molecule has 1 aromatic carbocycles. The van der Waals surface area contributed by atoms with Gasteiger partial charge >= 0.3 is 0 Å². The molecule has 2 aromatic heterocycles. The maximum atomic E-state index is 12.7. The summed E-state index contributed by atoms with van der Waals surface area (Å²) in [7, 11) is -3.24. The van der Waals surface area contributed by atoms with Gasteiger partial charge in [0.05, 0.1) is 24.8 Å². The molecule has 0 spiro atoms. The van der Waals surface area contributed by atoms with Gasteiger partial charge in [-0.1, -0.05) is 23.4 Å². The minimum Gasteiger partial charge on any atom is -0.467 e. The maximum absolute atomic E-state index is 12.7. The van der Waals surface area contributed by atoms with Gasteiger partial charge in [-0.15, -0.1) is 10.2 Å². The Kier molecular flexibility index (Phi) is 6.89. The van der Waals surface area contributed by atoms with Crippen molar-refractivity contribution < 1.29 is 17.6 Å². The predicted molar refractivity (Wildman–Crippen MR) is 122 cm³/mol. The van der Waals surface area contributed by atoms with E-state index in [0.717, 1.165) is 11.3 Å². The molecule has 12 heteroatoms. The summed E-state index contributed by atoms with van der Waals surface area (Å²) in [6.45, 7) is 1.79. The van der Waals surface area contributed by atoms with Crippen LogP contribution < -0.4 is 0 Å². The Morgan fingerprint density at radius 1 is 1.12 bits per heavy atom. The van der Waals surface area contributed by atoms with Crippen molar-refractivity contribution in [3.05, 3.63) is 53.4 Å². The van der Waals surface area contributed by atoms with Crippen molar-refractivity contribution in [2.75, 3.05) is 38.2 Å². The summed E-state index contributed by atoms with van der Waals surface area (Å²) in [4.78, 5) is 14.4. The molecule has 0 aliphatic carbocycles. The van der Waals surface area contributed by atoms with Gasteiger partial charge in [0, 0.05) is 36.8 Å². The molecule has 9 nitrogen and oxygen atoms in total. The van der Waals surface area contributed by atoms with E-state index in [1.807, 2.05) is 28.8 Å². The van der Waals surface area contributed by atoms with Gasteiger partial charge in [-0.3, -0.25) is 9.36 Å². The van der Waals surface area contributed by atoms with E-state index in [1.54, 1.807) is 23.3 Å². The Balaban J connectivity index is 1.47. The van der Waals surface area contributed by atoms with Gasteiger partial charge < -0.3 is 9.32 Å². The van der Waals surface area contributed by atoms with E-state index in [0.29, 0.717) is 48.7 Å². The lowest BCUT2D eigenvalue weighted by molar-refractivity contribution is -0.129. The van der Waals surface area contributed by atoms with Crippen LogP contribution in [0.1, 0.15) is 5.76 Å². The van der Waals surface area contributed by atoms with Crippen LogP contribution in [0, 0.1) is 0 Å². The van der Waals surface area contributed by atoms with Crippen LogP contribution in [-0.2, 0) is 21.4 Å². The first-order valence-electron chi connectivity index (χ1n) is 9.88. The van der Waals surface area contributed by atoms with Gasteiger partial charge in [0.2, 0.25) is 15.9 Å². The van der Waals surface area contributed by atoms with Crippen LogP contribution in [0.15, 0.2) is 52.2 Å². The summed E-state index contributed by atoms with van der Waals surface area (Å²) < 4.78 is 32.1. The number of sulfonamides is 1. The zero-order valence-electron chi connectivity index (χ0n) is 17.3. The molecule has 4 rings (SSSR count). The molecule has 1 amide bonds. The predicted octanol–water partition coefficient (Wildman–Crippen LogP) is 2.44. The van der Waals surface area contributed by atoms with E-state index in [9.17, 15) is 13.2 Å². The number of benzene rings is 1. The number of hydrogen-bond donors (Lipinski definition) is 0. The first-order chi connectivity index (χ1) is 15.3. The van der Waals surface area contributed by atoms with Crippen LogP contribution in [0.2, 0.25) is 5.02 Å². The van der Waals surface area contributed by atoms with Crippen molar-refractivity contribution in [1.82, 2.24) is 24.0 Å². The normalized spacial score (nSPS) is 15.2. The number of halogens is 1. The van der Waals surface area contributed by atoms with Crippen molar-refractivity contribution in [3.8, 4) is 11.4 Å². The molecule has 1 aliphatic heterocycles. The van der Waals surface area contributed by atoms with E-state index in [2.05, 4.69) is 10.2 Å². The highest BCUT2D eigenvalue weighted by Crippen LogP contribution is 2.26. The summed E-state index contributed by atoms with van der Waals surface area (Å²) >= 11 is 7.31. The zero-order chi connectivity index (χ0) is 22.7. The third-order valence-electron chi connectivity index (χ3n) is 5.10. The van der Waals surface area contributed by atoms with Crippen LogP contribution in [-0.4, -0.2) is 76.5 Å². The molecule has 3 heterocycles. The average Bonchev–Trinajstić information content (AvgIpc) is 3.43. The number of nitrogens with zero attached hydrogens (tertiary/aromatic N) is 5. The van der Waals surface area contributed by atoms with Crippen molar-refractivity contribution in [3.63, 3.8) is 0 Å². The van der Waals surface area contributed by atoms with Crippen LogP contribution >= 0.6 is 23.4 Å². The number of carbonyl (C=O) groups is 1. The van der Waals surface area contributed by atoms with Crippen molar-refractivity contribution in [2.45, 2.75) is 11.7 Å². The molecule has 1 fully saturated rings. The lowest BCUT2D eigenvalue weighted by Crippen LogP contribution is -2.50. The van der Waals surface area contributed by atoms with Gasteiger partial charge in [0.1, 0.15) is 5.76 Å². The standard InChI is InChI=1S/C20H22ClN5O4S2/c1-32(28,29)25-10-8-24(9-11-25)18(27)14-31-20-23-22-19(15-4-6-16(21)7-5-15)26(20)13-17-3-2-12-30-17/h2-7,12H,8-11,13-14H2,1H3. The molecule has 32 heavy (non-hydrogen) atoms. The molecule has 170 valence electrons. The van der Waals surface area contributed by atoms with E-state index in [4.69, 9.17) is 16.0 Å². The number of furan rings is 1. The molecule has 3 aromatic rings. The number of rotatable bonds is 7. The topological polar surface area (TPSA) is 102 Å². The van der Waals surface area contributed by atoms with Gasteiger partial charge in [-0.25, -0.2) is 8.42 Å². The monoisotopic (exact) mass is 495 g/mol. The number of thioether (sulfide) groups is 1. The van der Waals surface area contributed by atoms with Crippen molar-refractivity contribution in [2.24, 2.45) is 0 Å². The highest BCUT2D eigenvalue weighted by Gasteiger charge is 2.26. The number of amides is 1. The molecule has 0 unspecified atom stereocenters. The molecular weight excluding hydrogens is 474 g/mol. The Bertz CT molecular complexity index is 1170. The van der Waals surface area contributed by atoms with Crippen molar-refractivity contribution in [1.29, 1.82) is 0 Å². The van der Waals surface area contributed by atoms with Gasteiger partial charge in [0.15, 0.2) is 11.0 Å². The molecule has 0 radical (unpaired) electrons. The van der Waals surface area contributed by atoms with E-state index in [-0.39, 0.29) is 11.7 Å². The van der Waals surface area contributed by atoms with Gasteiger partial charge in [-0.2, -0.15) is 4.31 Å². The molecule has 1 saturated heterocycles. The highest BCUT2D eigenvalue weighted by molar-refractivity contribution is 7.99. The average molecular weight is 496 g/mol. The Morgan fingerprint density at radius 3 is 2.47 bits per heavy atom. The largest absolute Gasteiger partial charge is 0.467 e. The lowest BCUT2D eigenvalue weighted by Gasteiger charge is -2.33. The lowest BCUT2D eigenvalue weighted by atomic mass is 10.2. The Labute approximate surface area is 195 Å². The second-order valence-electron chi connectivity index (χ2n) is 7.31. The van der Waals surface area contributed by atoms with Crippen LogP contribution in [0.4, 0.5) is 0 Å². The van der Waals surface area contributed by atoms with Crippen LogP contribution in [0.3, 0.4) is 0 Å². The molecule has 1 aliphatic rings. The third kappa shape index (κ3) is 5.34. The number of hydrogen-bond acceptors (Lipinski definition) is 7. The quantitative estimate of drug-likeness (QED) is 0.464. The molecule has 0 N–H and O–H groups in total.